The molecule has 2 heterocycles. The van der Waals surface area contributed by atoms with Crippen molar-refractivity contribution in [3.63, 3.8) is 0 Å². The van der Waals surface area contributed by atoms with Gasteiger partial charge in [-0.15, -0.1) is 0 Å². The third kappa shape index (κ3) is 4.40. The third-order valence-electron chi connectivity index (χ3n) is 10.9. The summed E-state index contributed by atoms with van der Waals surface area (Å²) in [5, 5.41) is 0. The summed E-state index contributed by atoms with van der Waals surface area (Å²) in [4.78, 5) is 18.7. The predicted octanol–water partition coefficient (Wildman–Crippen LogP) is 11.2. The zero-order valence-electron chi connectivity index (χ0n) is 29.2. The van der Waals surface area contributed by atoms with E-state index >= 15 is 0 Å². The monoisotopic (exact) mass is 666 g/mol. The van der Waals surface area contributed by atoms with Crippen LogP contribution in [0.4, 0.5) is 0 Å². The molecule has 8 aromatic rings. The standard InChI is InChI=1S/C48H34N4/c1-29-26-39(41(28-49-29)32-12-5-4-6-13-32)34-22-20-33(21-23-34)36-16-11-19-45-46(36)40-27-35(47-51-30(2)50-31(3)52-47)24-25-44(40)48(45)42-17-9-7-14-37(42)38-15-8-10-18-43(38)48/h4-28H,1-3H3. The van der Waals surface area contributed by atoms with E-state index in [1.54, 1.807) is 0 Å². The summed E-state index contributed by atoms with van der Waals surface area (Å²) >= 11 is 0. The second-order valence-electron chi connectivity index (χ2n) is 13.9. The van der Waals surface area contributed by atoms with Gasteiger partial charge < -0.3 is 0 Å². The van der Waals surface area contributed by atoms with Gasteiger partial charge in [0.25, 0.3) is 0 Å². The zero-order chi connectivity index (χ0) is 35.0. The van der Waals surface area contributed by atoms with Crippen molar-refractivity contribution in [1.29, 1.82) is 0 Å². The Bertz CT molecular complexity index is 2650. The SMILES string of the molecule is Cc1cc(-c2ccc(-c3cccc4c3-c3cc(-c5nc(C)nc(C)n5)ccc3C43c4ccccc4-c4ccccc43)cc2)c(-c2ccccc2)cn1. The lowest BCUT2D eigenvalue weighted by molar-refractivity contribution is 0.794. The average molecular weight is 667 g/mol. The van der Waals surface area contributed by atoms with Gasteiger partial charge in [0, 0.05) is 23.0 Å². The molecule has 0 aliphatic heterocycles. The number of rotatable bonds is 4. The van der Waals surface area contributed by atoms with Crippen molar-refractivity contribution in [2.45, 2.75) is 26.2 Å². The van der Waals surface area contributed by atoms with E-state index in [0.717, 1.165) is 34.0 Å². The molecule has 4 nitrogen and oxygen atoms in total. The number of pyridine rings is 1. The molecule has 0 saturated carbocycles. The number of hydrogen-bond acceptors (Lipinski definition) is 4. The second-order valence-corrected chi connectivity index (χ2v) is 13.9. The molecular formula is C48H34N4. The molecule has 10 rings (SSSR count). The van der Waals surface area contributed by atoms with Gasteiger partial charge in [-0.05, 0) is 105 Å². The van der Waals surface area contributed by atoms with Crippen LogP contribution >= 0.6 is 0 Å². The van der Waals surface area contributed by atoms with Crippen LogP contribution in [0.5, 0.6) is 0 Å². The lowest BCUT2D eigenvalue weighted by atomic mass is 9.70. The van der Waals surface area contributed by atoms with E-state index in [-0.39, 0.29) is 0 Å². The normalized spacial score (nSPS) is 13.1. The Morgan fingerprint density at radius 3 is 1.62 bits per heavy atom. The van der Waals surface area contributed by atoms with Crippen molar-refractivity contribution < 1.29 is 0 Å². The smallest absolute Gasteiger partial charge is 0.163 e. The fourth-order valence-electron chi connectivity index (χ4n) is 8.79. The van der Waals surface area contributed by atoms with Crippen LogP contribution in [0, 0.1) is 20.8 Å². The number of nitrogens with zero attached hydrogens (tertiary/aromatic N) is 4. The highest BCUT2D eigenvalue weighted by Crippen LogP contribution is 2.64. The minimum Gasteiger partial charge on any atom is -0.261 e. The van der Waals surface area contributed by atoms with E-state index in [1.165, 1.54) is 66.8 Å². The molecule has 0 radical (unpaired) electrons. The lowest BCUT2D eigenvalue weighted by Crippen LogP contribution is -2.25. The molecule has 0 bridgehead atoms. The van der Waals surface area contributed by atoms with E-state index in [0.29, 0.717) is 5.82 Å². The van der Waals surface area contributed by atoms with Crippen molar-refractivity contribution in [2.24, 2.45) is 0 Å². The first kappa shape index (κ1) is 30.3. The third-order valence-corrected chi connectivity index (χ3v) is 10.9. The Hall–Kier alpha value is -6.52. The van der Waals surface area contributed by atoms with Crippen molar-refractivity contribution in [2.75, 3.05) is 0 Å². The van der Waals surface area contributed by atoms with Gasteiger partial charge in [0.05, 0.1) is 5.41 Å². The van der Waals surface area contributed by atoms with Crippen LogP contribution < -0.4 is 0 Å². The molecule has 246 valence electrons. The minimum atomic E-state index is -0.448. The van der Waals surface area contributed by atoms with Crippen LogP contribution in [0.25, 0.3) is 67.0 Å². The summed E-state index contributed by atoms with van der Waals surface area (Å²) in [5.74, 6) is 2.14. The van der Waals surface area contributed by atoms with Crippen LogP contribution in [-0.4, -0.2) is 19.9 Å². The Morgan fingerprint density at radius 1 is 0.385 bits per heavy atom. The molecule has 2 aromatic heterocycles. The van der Waals surface area contributed by atoms with Crippen LogP contribution in [-0.2, 0) is 5.41 Å². The number of benzene rings is 6. The summed E-state index contributed by atoms with van der Waals surface area (Å²) in [6, 6.07) is 53.3. The van der Waals surface area contributed by atoms with Crippen LogP contribution in [0.2, 0.25) is 0 Å². The van der Waals surface area contributed by atoms with Gasteiger partial charge in [-0.1, -0.05) is 133 Å². The first-order chi connectivity index (χ1) is 25.5. The number of aromatic nitrogens is 4. The Morgan fingerprint density at radius 2 is 0.923 bits per heavy atom. The van der Waals surface area contributed by atoms with Crippen LogP contribution in [0.1, 0.15) is 39.6 Å². The van der Waals surface area contributed by atoms with Gasteiger partial charge >= 0.3 is 0 Å². The Balaban J connectivity index is 1.21. The molecule has 2 aliphatic carbocycles. The van der Waals surface area contributed by atoms with Gasteiger partial charge in [0.2, 0.25) is 0 Å². The van der Waals surface area contributed by atoms with Crippen molar-refractivity contribution in [1.82, 2.24) is 19.9 Å². The fourth-order valence-corrected chi connectivity index (χ4v) is 8.79. The Labute approximate surface area is 303 Å². The maximum Gasteiger partial charge on any atom is 0.163 e. The molecule has 4 heteroatoms. The molecule has 0 amide bonds. The van der Waals surface area contributed by atoms with Gasteiger partial charge in [0.15, 0.2) is 5.82 Å². The van der Waals surface area contributed by atoms with E-state index in [9.17, 15) is 0 Å². The largest absolute Gasteiger partial charge is 0.261 e. The van der Waals surface area contributed by atoms with E-state index in [2.05, 4.69) is 162 Å². The van der Waals surface area contributed by atoms with Crippen LogP contribution in [0.15, 0.2) is 152 Å². The Kier molecular flexibility index (Phi) is 6.71. The molecular weight excluding hydrogens is 633 g/mol. The molecule has 2 aliphatic rings. The highest BCUT2D eigenvalue weighted by Gasteiger charge is 2.52. The average Bonchev–Trinajstić information content (AvgIpc) is 3.65. The van der Waals surface area contributed by atoms with E-state index in [1.807, 2.05) is 20.0 Å². The zero-order valence-corrected chi connectivity index (χ0v) is 29.2. The van der Waals surface area contributed by atoms with Gasteiger partial charge in [0.1, 0.15) is 11.6 Å². The van der Waals surface area contributed by atoms with Gasteiger partial charge in [-0.25, -0.2) is 15.0 Å². The van der Waals surface area contributed by atoms with Gasteiger partial charge in [-0.2, -0.15) is 0 Å². The van der Waals surface area contributed by atoms with Gasteiger partial charge in [-0.3, -0.25) is 4.98 Å². The number of fused-ring (bicyclic) bond motifs is 10. The summed E-state index contributed by atoms with van der Waals surface area (Å²) < 4.78 is 0. The molecule has 1 spiro atoms. The summed E-state index contributed by atoms with van der Waals surface area (Å²) in [5.41, 5.74) is 18.8. The number of hydrogen-bond donors (Lipinski definition) is 0. The maximum atomic E-state index is 4.77. The van der Waals surface area contributed by atoms with E-state index < -0.39 is 5.41 Å². The summed E-state index contributed by atoms with van der Waals surface area (Å²) in [6.45, 7) is 5.92. The molecule has 0 atom stereocenters. The lowest BCUT2D eigenvalue weighted by Gasteiger charge is -2.30. The molecule has 0 unspecified atom stereocenters. The predicted molar refractivity (Wildman–Crippen MR) is 210 cm³/mol. The first-order valence-electron chi connectivity index (χ1n) is 17.8. The fraction of sp³-hybridized carbons (Fsp3) is 0.0833. The van der Waals surface area contributed by atoms with Crippen molar-refractivity contribution in [3.8, 4) is 67.0 Å². The van der Waals surface area contributed by atoms with E-state index in [4.69, 9.17) is 9.97 Å². The maximum absolute atomic E-state index is 4.77. The summed E-state index contributed by atoms with van der Waals surface area (Å²) in [7, 11) is 0. The van der Waals surface area contributed by atoms with Crippen molar-refractivity contribution >= 4 is 0 Å². The highest BCUT2D eigenvalue weighted by atomic mass is 15.0. The second kappa shape index (κ2) is 11.5. The molecule has 0 saturated heterocycles. The first-order valence-corrected chi connectivity index (χ1v) is 17.8. The van der Waals surface area contributed by atoms with Crippen molar-refractivity contribution in [3.05, 3.63) is 191 Å². The van der Waals surface area contributed by atoms with Crippen LogP contribution in [0.3, 0.4) is 0 Å². The number of aryl methyl sites for hydroxylation is 3. The minimum absolute atomic E-state index is 0.448. The quantitative estimate of drug-likeness (QED) is 0.188. The molecule has 6 aromatic carbocycles. The highest BCUT2D eigenvalue weighted by molar-refractivity contribution is 6.01. The molecule has 0 fully saturated rings. The molecule has 0 N–H and O–H groups in total. The molecule has 52 heavy (non-hydrogen) atoms. The summed E-state index contributed by atoms with van der Waals surface area (Å²) in [6.07, 6.45) is 2.00. The topological polar surface area (TPSA) is 51.6 Å².